The number of alkyl halides is 3. The van der Waals surface area contributed by atoms with Gasteiger partial charge < -0.3 is 10.6 Å². The Balaban J connectivity index is 1.82. The van der Waals surface area contributed by atoms with Crippen molar-refractivity contribution in [2.24, 2.45) is 11.7 Å². The smallest absolute Gasteiger partial charge is 0.369 e. The Labute approximate surface area is 154 Å². The summed E-state index contributed by atoms with van der Waals surface area (Å²) in [5.74, 6) is -1.08. The van der Waals surface area contributed by atoms with Crippen molar-refractivity contribution in [3.63, 3.8) is 0 Å². The van der Waals surface area contributed by atoms with Crippen LogP contribution >= 0.6 is 0 Å². The second-order valence-corrected chi connectivity index (χ2v) is 6.47. The maximum absolute atomic E-state index is 13.1. The molecule has 2 amide bonds. The topological polar surface area (TPSA) is 76.3 Å². The van der Waals surface area contributed by atoms with Crippen LogP contribution in [0.3, 0.4) is 0 Å². The second-order valence-electron chi connectivity index (χ2n) is 6.47. The van der Waals surface area contributed by atoms with Crippen molar-refractivity contribution in [2.75, 3.05) is 13.1 Å². The van der Waals surface area contributed by atoms with Gasteiger partial charge in [-0.3, -0.25) is 14.6 Å². The molecule has 0 aliphatic carbocycles. The largest absolute Gasteiger partial charge is 0.418 e. The number of likely N-dealkylation sites (tertiary alicyclic amines) is 1. The predicted octanol–water partition coefficient (Wildman–Crippen LogP) is 3.10. The first-order chi connectivity index (χ1) is 12.8. The van der Waals surface area contributed by atoms with E-state index in [1.54, 1.807) is 4.90 Å². The van der Waals surface area contributed by atoms with Crippen molar-refractivity contribution in [1.82, 2.24) is 9.88 Å². The van der Waals surface area contributed by atoms with E-state index in [1.807, 2.05) is 0 Å². The lowest BCUT2D eigenvalue weighted by Gasteiger charge is -2.31. The standard InChI is InChI=1S/C19H18F3N3O2/c20-19(21,22)15-4-1-9-24-16(15)12-5-7-13(8-6-12)18(27)25-10-2-3-14(11-25)17(23)26/h1,4-9,14H,2-3,10-11H2,(H2,23,26)/t14-/m1/s1. The number of hydrogen-bond acceptors (Lipinski definition) is 3. The quantitative estimate of drug-likeness (QED) is 0.893. The lowest BCUT2D eigenvalue weighted by Crippen LogP contribution is -2.44. The van der Waals surface area contributed by atoms with Gasteiger partial charge >= 0.3 is 6.18 Å². The SMILES string of the molecule is NC(=O)[C@@H]1CCCN(C(=O)c2ccc(-c3ncccc3C(F)(F)F)cc2)C1. The van der Waals surface area contributed by atoms with Crippen LogP contribution in [-0.4, -0.2) is 34.8 Å². The molecular formula is C19H18F3N3O2. The number of rotatable bonds is 3. The molecule has 1 aromatic heterocycles. The number of amides is 2. The first-order valence-corrected chi connectivity index (χ1v) is 8.48. The van der Waals surface area contributed by atoms with Gasteiger partial charge in [-0.2, -0.15) is 13.2 Å². The van der Waals surface area contributed by atoms with Crippen LogP contribution < -0.4 is 5.73 Å². The molecule has 1 atom stereocenters. The van der Waals surface area contributed by atoms with Gasteiger partial charge in [-0.1, -0.05) is 12.1 Å². The molecule has 8 heteroatoms. The van der Waals surface area contributed by atoms with Crippen LogP contribution in [-0.2, 0) is 11.0 Å². The van der Waals surface area contributed by atoms with E-state index >= 15 is 0 Å². The van der Waals surface area contributed by atoms with Crippen molar-refractivity contribution in [3.05, 3.63) is 53.7 Å². The number of nitrogens with zero attached hydrogens (tertiary/aromatic N) is 2. The molecule has 1 aromatic carbocycles. The van der Waals surface area contributed by atoms with E-state index in [-0.39, 0.29) is 29.6 Å². The molecule has 1 aliphatic rings. The van der Waals surface area contributed by atoms with Crippen LogP contribution in [0.4, 0.5) is 13.2 Å². The molecule has 0 bridgehead atoms. The summed E-state index contributed by atoms with van der Waals surface area (Å²) in [6.07, 6.45) is -1.89. The number of piperidine rings is 1. The predicted molar refractivity (Wildman–Crippen MR) is 92.5 cm³/mol. The van der Waals surface area contributed by atoms with Crippen molar-refractivity contribution >= 4 is 11.8 Å². The third-order valence-corrected chi connectivity index (χ3v) is 4.63. The van der Waals surface area contributed by atoms with E-state index in [0.29, 0.717) is 24.9 Å². The Bertz CT molecular complexity index is 850. The summed E-state index contributed by atoms with van der Waals surface area (Å²) in [5.41, 5.74) is 4.92. The number of carbonyl (C=O) groups excluding carboxylic acids is 2. The maximum Gasteiger partial charge on any atom is 0.418 e. The van der Waals surface area contributed by atoms with E-state index in [0.717, 1.165) is 6.07 Å². The van der Waals surface area contributed by atoms with E-state index in [1.165, 1.54) is 36.5 Å². The average Bonchev–Trinajstić information content (AvgIpc) is 2.67. The van der Waals surface area contributed by atoms with Crippen molar-refractivity contribution in [3.8, 4) is 11.3 Å². The average molecular weight is 377 g/mol. The van der Waals surface area contributed by atoms with Gasteiger partial charge in [0.1, 0.15) is 0 Å². The minimum Gasteiger partial charge on any atom is -0.369 e. The van der Waals surface area contributed by atoms with Crippen molar-refractivity contribution < 1.29 is 22.8 Å². The molecule has 2 aromatic rings. The Morgan fingerprint density at radius 3 is 2.48 bits per heavy atom. The summed E-state index contributed by atoms with van der Waals surface area (Å²) in [7, 11) is 0. The highest BCUT2D eigenvalue weighted by Gasteiger charge is 2.34. The summed E-state index contributed by atoms with van der Waals surface area (Å²) >= 11 is 0. The van der Waals surface area contributed by atoms with Gasteiger partial charge in [-0.05, 0) is 37.1 Å². The fourth-order valence-corrected chi connectivity index (χ4v) is 3.21. The van der Waals surface area contributed by atoms with Crippen LogP contribution in [0.1, 0.15) is 28.8 Å². The Morgan fingerprint density at radius 1 is 1.15 bits per heavy atom. The molecule has 1 aliphatic heterocycles. The number of primary amides is 1. The Kier molecular flexibility index (Phi) is 5.16. The molecule has 2 N–H and O–H groups in total. The monoisotopic (exact) mass is 377 g/mol. The van der Waals surface area contributed by atoms with E-state index in [4.69, 9.17) is 5.73 Å². The van der Waals surface area contributed by atoms with Gasteiger partial charge in [0.2, 0.25) is 5.91 Å². The number of pyridine rings is 1. The van der Waals surface area contributed by atoms with E-state index in [9.17, 15) is 22.8 Å². The number of halogens is 3. The van der Waals surface area contributed by atoms with Gasteiger partial charge in [0, 0.05) is 30.4 Å². The summed E-state index contributed by atoms with van der Waals surface area (Å²) in [4.78, 5) is 29.4. The molecule has 142 valence electrons. The molecule has 3 rings (SSSR count). The molecule has 0 radical (unpaired) electrons. The normalized spacial score (nSPS) is 17.6. The fraction of sp³-hybridized carbons (Fsp3) is 0.316. The third kappa shape index (κ3) is 4.10. The zero-order valence-corrected chi connectivity index (χ0v) is 14.4. The van der Waals surface area contributed by atoms with E-state index < -0.39 is 17.6 Å². The first kappa shape index (κ1) is 18.9. The third-order valence-electron chi connectivity index (χ3n) is 4.63. The fourth-order valence-electron chi connectivity index (χ4n) is 3.21. The molecule has 0 saturated carbocycles. The maximum atomic E-state index is 13.1. The minimum atomic E-state index is -4.52. The number of benzene rings is 1. The minimum absolute atomic E-state index is 0.184. The van der Waals surface area contributed by atoms with Gasteiger partial charge in [0.25, 0.3) is 5.91 Å². The zero-order chi connectivity index (χ0) is 19.6. The van der Waals surface area contributed by atoms with Crippen molar-refractivity contribution in [2.45, 2.75) is 19.0 Å². The summed E-state index contributed by atoms with van der Waals surface area (Å²) in [6, 6.07) is 8.04. The number of nitrogens with two attached hydrogens (primary N) is 1. The molecule has 0 unspecified atom stereocenters. The molecule has 1 saturated heterocycles. The number of hydrogen-bond donors (Lipinski definition) is 1. The summed E-state index contributed by atoms with van der Waals surface area (Å²) in [5, 5.41) is 0. The van der Waals surface area contributed by atoms with Gasteiger partial charge in [-0.25, -0.2) is 0 Å². The zero-order valence-electron chi connectivity index (χ0n) is 14.4. The molecular weight excluding hydrogens is 359 g/mol. The van der Waals surface area contributed by atoms with E-state index in [2.05, 4.69) is 4.98 Å². The van der Waals surface area contributed by atoms with Crippen LogP contribution in [0, 0.1) is 5.92 Å². The molecule has 5 nitrogen and oxygen atoms in total. The molecule has 1 fully saturated rings. The van der Waals surface area contributed by atoms with Crippen LogP contribution in [0.15, 0.2) is 42.6 Å². The Hall–Kier alpha value is -2.90. The Morgan fingerprint density at radius 2 is 1.85 bits per heavy atom. The van der Waals surface area contributed by atoms with Crippen molar-refractivity contribution in [1.29, 1.82) is 0 Å². The molecule has 0 spiro atoms. The summed E-state index contributed by atoms with van der Waals surface area (Å²) < 4.78 is 39.4. The van der Waals surface area contributed by atoms with Crippen LogP contribution in [0.5, 0.6) is 0 Å². The van der Waals surface area contributed by atoms with Crippen LogP contribution in [0.25, 0.3) is 11.3 Å². The number of aromatic nitrogens is 1. The number of carbonyl (C=O) groups is 2. The van der Waals surface area contributed by atoms with Gasteiger partial charge in [0.05, 0.1) is 17.2 Å². The molecule has 27 heavy (non-hydrogen) atoms. The van der Waals surface area contributed by atoms with Gasteiger partial charge in [-0.15, -0.1) is 0 Å². The molecule has 2 heterocycles. The van der Waals surface area contributed by atoms with Crippen LogP contribution in [0.2, 0.25) is 0 Å². The highest BCUT2D eigenvalue weighted by Crippen LogP contribution is 2.35. The lowest BCUT2D eigenvalue weighted by atomic mass is 9.96. The second kappa shape index (κ2) is 7.38. The lowest BCUT2D eigenvalue weighted by molar-refractivity contribution is -0.137. The van der Waals surface area contributed by atoms with Gasteiger partial charge in [0.15, 0.2) is 0 Å². The highest BCUT2D eigenvalue weighted by atomic mass is 19.4. The highest BCUT2D eigenvalue weighted by molar-refractivity contribution is 5.95. The first-order valence-electron chi connectivity index (χ1n) is 8.48. The summed E-state index contributed by atoms with van der Waals surface area (Å²) in [6.45, 7) is 0.775.